The van der Waals surface area contributed by atoms with Gasteiger partial charge in [0.2, 0.25) is 0 Å². The van der Waals surface area contributed by atoms with Crippen LogP contribution in [0.25, 0.3) is 0 Å². The number of amides is 1. The van der Waals surface area contributed by atoms with E-state index in [1.165, 1.54) is 0 Å². The van der Waals surface area contributed by atoms with Gasteiger partial charge in [-0.15, -0.1) is 12.4 Å². The first-order valence-corrected chi connectivity index (χ1v) is 9.81. The summed E-state index contributed by atoms with van der Waals surface area (Å²) in [7, 11) is 0. The van der Waals surface area contributed by atoms with E-state index in [1.54, 1.807) is 18.2 Å². The third-order valence-electron chi connectivity index (χ3n) is 4.75. The van der Waals surface area contributed by atoms with Crippen LogP contribution in [-0.2, 0) is 0 Å². The SMILES string of the molecule is CCOc1cc(C(=O)N2CCCC2CN)ccc1OCCOc1ccccc1.Cl. The molecule has 1 aliphatic heterocycles. The highest BCUT2D eigenvalue weighted by molar-refractivity contribution is 5.95. The molecule has 29 heavy (non-hydrogen) atoms. The molecule has 1 saturated heterocycles. The molecule has 1 fully saturated rings. The van der Waals surface area contributed by atoms with Crippen LogP contribution in [0.4, 0.5) is 0 Å². The smallest absolute Gasteiger partial charge is 0.254 e. The van der Waals surface area contributed by atoms with Gasteiger partial charge >= 0.3 is 0 Å². The summed E-state index contributed by atoms with van der Waals surface area (Å²) in [5.41, 5.74) is 6.40. The summed E-state index contributed by atoms with van der Waals surface area (Å²) < 4.78 is 17.2. The maximum absolute atomic E-state index is 12.9. The summed E-state index contributed by atoms with van der Waals surface area (Å²) in [5.74, 6) is 1.97. The van der Waals surface area contributed by atoms with Crippen LogP contribution >= 0.6 is 12.4 Å². The Hall–Kier alpha value is -2.44. The zero-order chi connectivity index (χ0) is 19.8. The number of hydrogen-bond donors (Lipinski definition) is 1. The molecular weight excluding hydrogens is 392 g/mol. The third-order valence-corrected chi connectivity index (χ3v) is 4.75. The van der Waals surface area contributed by atoms with E-state index < -0.39 is 0 Å². The minimum atomic E-state index is -0.00661. The van der Waals surface area contributed by atoms with Gasteiger partial charge in [0.05, 0.1) is 6.61 Å². The maximum Gasteiger partial charge on any atom is 0.254 e. The molecule has 3 rings (SSSR count). The van der Waals surface area contributed by atoms with Crippen LogP contribution in [0.5, 0.6) is 17.2 Å². The molecule has 0 aromatic heterocycles. The largest absolute Gasteiger partial charge is 0.490 e. The topological polar surface area (TPSA) is 74.0 Å². The van der Waals surface area contributed by atoms with E-state index in [4.69, 9.17) is 19.9 Å². The fraction of sp³-hybridized carbons (Fsp3) is 0.409. The summed E-state index contributed by atoms with van der Waals surface area (Å²) in [6.07, 6.45) is 1.96. The minimum Gasteiger partial charge on any atom is -0.490 e. The van der Waals surface area contributed by atoms with Crippen LogP contribution in [0.15, 0.2) is 48.5 Å². The van der Waals surface area contributed by atoms with Gasteiger partial charge < -0.3 is 24.8 Å². The average molecular weight is 421 g/mol. The quantitative estimate of drug-likeness (QED) is 0.628. The van der Waals surface area contributed by atoms with Crippen molar-refractivity contribution in [3.8, 4) is 17.2 Å². The summed E-state index contributed by atoms with van der Waals surface area (Å²) in [6, 6.07) is 15.0. The molecule has 0 saturated carbocycles. The van der Waals surface area contributed by atoms with Gasteiger partial charge in [-0.05, 0) is 50.1 Å². The second-order valence-corrected chi connectivity index (χ2v) is 6.63. The Bertz CT molecular complexity index is 773. The van der Waals surface area contributed by atoms with Gasteiger partial charge in [-0.2, -0.15) is 0 Å². The van der Waals surface area contributed by atoms with E-state index in [-0.39, 0.29) is 24.4 Å². The number of nitrogens with two attached hydrogens (primary N) is 1. The Labute approximate surface area is 178 Å². The minimum absolute atomic E-state index is 0. The molecule has 1 unspecified atom stereocenters. The van der Waals surface area contributed by atoms with Crippen molar-refractivity contribution >= 4 is 18.3 Å². The summed E-state index contributed by atoms with van der Waals surface area (Å²) in [6.45, 7) is 4.43. The molecule has 158 valence electrons. The molecule has 2 aromatic carbocycles. The van der Waals surface area contributed by atoms with Crippen molar-refractivity contribution in [3.05, 3.63) is 54.1 Å². The fourth-order valence-corrected chi connectivity index (χ4v) is 3.37. The Morgan fingerprint density at radius 2 is 1.83 bits per heavy atom. The van der Waals surface area contributed by atoms with E-state index in [9.17, 15) is 4.79 Å². The molecule has 2 aromatic rings. The first kappa shape index (κ1) is 22.8. The van der Waals surface area contributed by atoms with Gasteiger partial charge in [-0.25, -0.2) is 0 Å². The molecule has 2 N–H and O–H groups in total. The second-order valence-electron chi connectivity index (χ2n) is 6.63. The van der Waals surface area contributed by atoms with Crippen molar-refractivity contribution in [2.45, 2.75) is 25.8 Å². The van der Waals surface area contributed by atoms with Gasteiger partial charge in [0.1, 0.15) is 19.0 Å². The van der Waals surface area contributed by atoms with E-state index in [0.717, 1.165) is 25.1 Å². The van der Waals surface area contributed by atoms with Crippen molar-refractivity contribution < 1.29 is 19.0 Å². The number of likely N-dealkylation sites (tertiary alicyclic amines) is 1. The van der Waals surface area contributed by atoms with Crippen LogP contribution in [0, 0.1) is 0 Å². The van der Waals surface area contributed by atoms with E-state index >= 15 is 0 Å². The standard InChI is InChI=1S/C22H28N2O4.ClH/c1-2-26-21-15-17(22(25)24-12-6-7-18(24)16-23)10-11-20(21)28-14-13-27-19-8-4-3-5-9-19;/h3-5,8-11,15,18H,2,6-7,12-14,16,23H2,1H3;1H. The first-order valence-electron chi connectivity index (χ1n) is 9.81. The van der Waals surface area contributed by atoms with Gasteiger partial charge in [-0.3, -0.25) is 4.79 Å². The van der Waals surface area contributed by atoms with E-state index in [1.807, 2.05) is 42.2 Å². The highest BCUT2D eigenvalue weighted by Crippen LogP contribution is 2.30. The Kier molecular flexibility index (Phi) is 9.09. The number of halogens is 1. The number of benzene rings is 2. The summed E-state index contributed by atoms with van der Waals surface area (Å²) >= 11 is 0. The number of hydrogen-bond acceptors (Lipinski definition) is 5. The molecule has 1 amide bonds. The fourth-order valence-electron chi connectivity index (χ4n) is 3.37. The van der Waals surface area contributed by atoms with Crippen LogP contribution in [-0.4, -0.2) is 49.8 Å². The van der Waals surface area contributed by atoms with Gasteiger partial charge in [0.25, 0.3) is 5.91 Å². The predicted octanol–water partition coefficient (Wildman–Crippen LogP) is 3.53. The molecule has 0 bridgehead atoms. The number of rotatable bonds is 9. The van der Waals surface area contributed by atoms with Gasteiger partial charge in [0.15, 0.2) is 11.5 Å². The summed E-state index contributed by atoms with van der Waals surface area (Å²) in [4.78, 5) is 14.7. The number of nitrogens with zero attached hydrogens (tertiary/aromatic N) is 1. The van der Waals surface area contributed by atoms with Crippen LogP contribution < -0.4 is 19.9 Å². The number of carbonyl (C=O) groups is 1. The predicted molar refractivity (Wildman–Crippen MR) is 115 cm³/mol. The molecular formula is C22H29ClN2O4. The van der Waals surface area contributed by atoms with Crippen LogP contribution in [0.3, 0.4) is 0 Å². The van der Waals surface area contributed by atoms with E-state index in [2.05, 4.69) is 0 Å². The lowest BCUT2D eigenvalue weighted by atomic mass is 10.1. The van der Waals surface area contributed by atoms with E-state index in [0.29, 0.717) is 43.4 Å². The Morgan fingerprint density at radius 1 is 1.07 bits per heavy atom. The normalized spacial score (nSPS) is 15.5. The molecule has 7 heteroatoms. The zero-order valence-corrected chi connectivity index (χ0v) is 17.5. The molecule has 1 atom stereocenters. The second kappa shape index (κ2) is 11.5. The molecule has 0 spiro atoms. The maximum atomic E-state index is 12.9. The van der Waals surface area contributed by atoms with Crippen molar-refractivity contribution in [1.82, 2.24) is 4.90 Å². The van der Waals surface area contributed by atoms with Crippen molar-refractivity contribution in [2.24, 2.45) is 5.73 Å². The van der Waals surface area contributed by atoms with Gasteiger partial charge in [0, 0.05) is 24.7 Å². The van der Waals surface area contributed by atoms with Crippen molar-refractivity contribution in [2.75, 3.05) is 32.9 Å². The third kappa shape index (κ3) is 6.02. The van der Waals surface area contributed by atoms with Crippen molar-refractivity contribution in [3.63, 3.8) is 0 Å². The molecule has 1 aliphatic rings. The number of carbonyl (C=O) groups excluding carboxylic acids is 1. The van der Waals surface area contributed by atoms with Crippen LogP contribution in [0.1, 0.15) is 30.1 Å². The lowest BCUT2D eigenvalue weighted by molar-refractivity contribution is 0.0740. The molecule has 1 heterocycles. The lowest BCUT2D eigenvalue weighted by Gasteiger charge is -2.24. The monoisotopic (exact) mass is 420 g/mol. The molecule has 6 nitrogen and oxygen atoms in total. The number of para-hydroxylation sites is 1. The first-order chi connectivity index (χ1) is 13.7. The zero-order valence-electron chi connectivity index (χ0n) is 16.7. The van der Waals surface area contributed by atoms with Crippen LogP contribution in [0.2, 0.25) is 0 Å². The van der Waals surface area contributed by atoms with Gasteiger partial charge in [-0.1, -0.05) is 18.2 Å². The molecule has 0 radical (unpaired) electrons. The lowest BCUT2D eigenvalue weighted by Crippen LogP contribution is -2.39. The van der Waals surface area contributed by atoms with Crippen molar-refractivity contribution in [1.29, 1.82) is 0 Å². The molecule has 0 aliphatic carbocycles. The highest BCUT2D eigenvalue weighted by atomic mass is 35.5. The average Bonchev–Trinajstić information content (AvgIpc) is 3.21. The highest BCUT2D eigenvalue weighted by Gasteiger charge is 2.28. The number of ether oxygens (including phenoxy) is 3. The Morgan fingerprint density at radius 3 is 2.55 bits per heavy atom. The summed E-state index contributed by atoms with van der Waals surface area (Å²) in [5, 5.41) is 0. The Balaban J connectivity index is 0.00000300.